The Morgan fingerprint density at radius 3 is 1.95 bits per heavy atom. The second-order valence-electron chi connectivity index (χ2n) is 5.97. The van der Waals surface area contributed by atoms with Gasteiger partial charge in [-0.15, -0.1) is 0 Å². The maximum atomic E-state index is 11.1. The Morgan fingerprint density at radius 2 is 1.38 bits per heavy atom. The number of esters is 1. The molecule has 2 nitrogen and oxygen atoms in total. The van der Waals surface area contributed by atoms with Crippen molar-refractivity contribution in [2.45, 2.75) is 103 Å². The van der Waals surface area contributed by atoms with Crippen LogP contribution in [-0.4, -0.2) is 17.8 Å². The van der Waals surface area contributed by atoms with Gasteiger partial charge < -0.3 is 4.74 Å². The van der Waals surface area contributed by atoms with Crippen LogP contribution < -0.4 is 0 Å². The van der Waals surface area contributed by atoms with Gasteiger partial charge in [0.1, 0.15) is 0 Å². The number of carbonyl (C=O) groups is 1. The predicted molar refractivity (Wildman–Crippen MR) is 95.1 cm³/mol. The zero-order valence-corrected chi connectivity index (χ0v) is 15.1. The summed E-state index contributed by atoms with van der Waals surface area (Å²) in [5.74, 6) is -0.0431. The van der Waals surface area contributed by atoms with Crippen LogP contribution in [0.25, 0.3) is 0 Å². The van der Waals surface area contributed by atoms with Gasteiger partial charge in [0.2, 0.25) is 0 Å². The van der Waals surface area contributed by atoms with Crippen molar-refractivity contribution in [3.05, 3.63) is 0 Å². The summed E-state index contributed by atoms with van der Waals surface area (Å²) >= 11 is 4.68. The van der Waals surface area contributed by atoms with E-state index in [1.54, 1.807) is 0 Å². The lowest BCUT2D eigenvalue weighted by molar-refractivity contribution is -0.143. The van der Waals surface area contributed by atoms with Gasteiger partial charge >= 0.3 is 5.97 Å². The first kappa shape index (κ1) is 20.8. The highest BCUT2D eigenvalue weighted by atomic mass is 32.1. The van der Waals surface area contributed by atoms with Crippen molar-refractivity contribution in [2.24, 2.45) is 0 Å². The molecule has 0 fully saturated rings. The number of rotatable bonds is 15. The van der Waals surface area contributed by atoms with Crippen molar-refractivity contribution in [3.63, 3.8) is 0 Å². The SMILES string of the molecule is CCCCCCC(S)CCCCCCCCC(=O)OCC. The van der Waals surface area contributed by atoms with Gasteiger partial charge in [0, 0.05) is 11.7 Å². The molecule has 126 valence electrons. The molecule has 0 heterocycles. The normalized spacial score (nSPS) is 12.3. The van der Waals surface area contributed by atoms with E-state index in [0.717, 1.165) is 12.8 Å². The van der Waals surface area contributed by atoms with Crippen LogP contribution in [0.3, 0.4) is 0 Å². The van der Waals surface area contributed by atoms with Gasteiger partial charge in [-0.1, -0.05) is 64.7 Å². The Labute approximate surface area is 137 Å². The third kappa shape index (κ3) is 16.0. The lowest BCUT2D eigenvalue weighted by atomic mass is 10.0. The van der Waals surface area contributed by atoms with Gasteiger partial charge in [-0.3, -0.25) is 4.79 Å². The number of ether oxygens (including phenoxy) is 1. The minimum Gasteiger partial charge on any atom is -0.466 e. The van der Waals surface area contributed by atoms with E-state index >= 15 is 0 Å². The van der Waals surface area contributed by atoms with Crippen molar-refractivity contribution in [2.75, 3.05) is 6.61 Å². The van der Waals surface area contributed by atoms with Gasteiger partial charge in [0.05, 0.1) is 6.61 Å². The second-order valence-corrected chi connectivity index (χ2v) is 6.70. The topological polar surface area (TPSA) is 26.3 Å². The van der Waals surface area contributed by atoms with Crippen molar-refractivity contribution in [1.29, 1.82) is 0 Å². The standard InChI is InChI=1S/C18H36O2S/c1-3-5-6-11-14-17(21)15-12-9-7-8-10-13-16-18(19)20-4-2/h17,21H,3-16H2,1-2H3. The molecular weight excluding hydrogens is 280 g/mol. The summed E-state index contributed by atoms with van der Waals surface area (Å²) in [5.41, 5.74) is 0. The first-order valence-corrected chi connectivity index (χ1v) is 9.56. The molecule has 0 saturated carbocycles. The maximum Gasteiger partial charge on any atom is 0.305 e. The maximum absolute atomic E-state index is 11.1. The molecule has 0 spiro atoms. The molecule has 0 bridgehead atoms. The highest BCUT2D eigenvalue weighted by Crippen LogP contribution is 2.17. The first-order chi connectivity index (χ1) is 10.2. The van der Waals surface area contributed by atoms with Crippen molar-refractivity contribution in [1.82, 2.24) is 0 Å². The molecule has 1 unspecified atom stereocenters. The predicted octanol–water partition coefficient (Wildman–Crippen LogP) is 5.94. The molecule has 0 amide bonds. The van der Waals surface area contributed by atoms with Crippen molar-refractivity contribution in [3.8, 4) is 0 Å². The molecule has 21 heavy (non-hydrogen) atoms. The molecule has 0 N–H and O–H groups in total. The largest absolute Gasteiger partial charge is 0.466 e. The average Bonchev–Trinajstić information content (AvgIpc) is 2.46. The van der Waals surface area contributed by atoms with Crippen LogP contribution in [0, 0.1) is 0 Å². The molecule has 0 aliphatic heterocycles. The quantitative estimate of drug-likeness (QED) is 0.230. The van der Waals surface area contributed by atoms with E-state index < -0.39 is 0 Å². The monoisotopic (exact) mass is 316 g/mol. The van der Waals surface area contributed by atoms with Crippen LogP contribution in [-0.2, 0) is 9.53 Å². The Kier molecular flexibility index (Phi) is 16.1. The Bertz CT molecular complexity index is 231. The van der Waals surface area contributed by atoms with Crippen molar-refractivity contribution >= 4 is 18.6 Å². The number of unbranched alkanes of at least 4 members (excludes halogenated alkanes) is 8. The Balaban J connectivity index is 3.19. The van der Waals surface area contributed by atoms with Crippen LogP contribution in [0.2, 0.25) is 0 Å². The molecule has 0 aliphatic carbocycles. The minimum absolute atomic E-state index is 0.0431. The van der Waals surface area contributed by atoms with Gasteiger partial charge in [0.25, 0.3) is 0 Å². The lowest BCUT2D eigenvalue weighted by Crippen LogP contribution is -2.03. The zero-order valence-electron chi connectivity index (χ0n) is 14.2. The summed E-state index contributed by atoms with van der Waals surface area (Å²) in [6, 6.07) is 0. The molecule has 0 aliphatic rings. The fourth-order valence-corrected chi connectivity index (χ4v) is 2.91. The van der Waals surface area contributed by atoms with Gasteiger partial charge in [-0.05, 0) is 26.2 Å². The molecule has 0 rings (SSSR count). The van der Waals surface area contributed by atoms with Gasteiger partial charge in [-0.25, -0.2) is 0 Å². The number of hydrogen-bond acceptors (Lipinski definition) is 3. The van der Waals surface area contributed by atoms with Crippen LogP contribution >= 0.6 is 12.6 Å². The van der Waals surface area contributed by atoms with Gasteiger partial charge in [0.15, 0.2) is 0 Å². The molecule has 0 aromatic heterocycles. The summed E-state index contributed by atoms with van der Waals surface area (Å²) in [6.45, 7) is 4.61. The van der Waals surface area contributed by atoms with E-state index in [9.17, 15) is 4.79 Å². The zero-order chi connectivity index (χ0) is 15.8. The van der Waals surface area contributed by atoms with E-state index in [-0.39, 0.29) is 5.97 Å². The van der Waals surface area contributed by atoms with Crippen LogP contribution in [0.1, 0.15) is 97.3 Å². The smallest absolute Gasteiger partial charge is 0.305 e. The van der Waals surface area contributed by atoms with Crippen LogP contribution in [0.15, 0.2) is 0 Å². The number of carbonyl (C=O) groups excluding carboxylic acids is 1. The summed E-state index contributed by atoms with van der Waals surface area (Å²) < 4.78 is 4.91. The third-order valence-corrected chi connectivity index (χ3v) is 4.38. The second kappa shape index (κ2) is 16.2. The number of hydrogen-bond donors (Lipinski definition) is 1. The molecular formula is C18H36O2S. The summed E-state index contributed by atoms with van der Waals surface area (Å²) in [7, 11) is 0. The van der Waals surface area contributed by atoms with Gasteiger partial charge in [-0.2, -0.15) is 12.6 Å². The van der Waals surface area contributed by atoms with Crippen LogP contribution in [0.5, 0.6) is 0 Å². The molecule has 1 atom stereocenters. The fourth-order valence-electron chi connectivity index (χ4n) is 2.54. The molecule has 0 aromatic carbocycles. The lowest BCUT2D eigenvalue weighted by Gasteiger charge is -2.10. The Morgan fingerprint density at radius 1 is 0.857 bits per heavy atom. The van der Waals surface area contributed by atoms with E-state index in [1.807, 2.05) is 6.92 Å². The van der Waals surface area contributed by atoms with Crippen molar-refractivity contribution < 1.29 is 9.53 Å². The van der Waals surface area contributed by atoms with E-state index in [0.29, 0.717) is 18.3 Å². The molecule has 3 heteroatoms. The summed E-state index contributed by atoms with van der Waals surface area (Å²) in [6.07, 6.45) is 15.8. The molecule has 0 radical (unpaired) electrons. The van der Waals surface area contributed by atoms with Crippen LogP contribution in [0.4, 0.5) is 0 Å². The fraction of sp³-hybridized carbons (Fsp3) is 0.944. The number of thiol groups is 1. The van der Waals surface area contributed by atoms with E-state index in [4.69, 9.17) is 4.74 Å². The highest BCUT2D eigenvalue weighted by molar-refractivity contribution is 7.80. The summed E-state index contributed by atoms with van der Waals surface area (Å²) in [5, 5.41) is 0.602. The molecule has 0 saturated heterocycles. The summed E-state index contributed by atoms with van der Waals surface area (Å²) in [4.78, 5) is 11.1. The Hall–Kier alpha value is -0.180. The third-order valence-electron chi connectivity index (χ3n) is 3.86. The first-order valence-electron chi connectivity index (χ1n) is 9.04. The minimum atomic E-state index is -0.0431. The van der Waals surface area contributed by atoms with E-state index in [2.05, 4.69) is 19.6 Å². The average molecular weight is 317 g/mol. The molecule has 0 aromatic rings. The highest BCUT2D eigenvalue weighted by Gasteiger charge is 2.03. The van der Waals surface area contributed by atoms with E-state index in [1.165, 1.54) is 64.2 Å².